The van der Waals surface area contributed by atoms with Gasteiger partial charge in [-0.2, -0.15) is 0 Å². The second kappa shape index (κ2) is 7.22. The Labute approximate surface area is 124 Å². The van der Waals surface area contributed by atoms with Gasteiger partial charge in [-0.1, -0.05) is 13.8 Å². The molecule has 2 rings (SSSR count). The van der Waals surface area contributed by atoms with E-state index in [1.165, 1.54) is 12.1 Å². The number of carbonyl (C=O) groups is 1. The van der Waals surface area contributed by atoms with E-state index in [-0.39, 0.29) is 11.7 Å². The van der Waals surface area contributed by atoms with Gasteiger partial charge in [0.05, 0.1) is 6.54 Å². The van der Waals surface area contributed by atoms with Crippen molar-refractivity contribution in [3.05, 3.63) is 35.8 Å². The summed E-state index contributed by atoms with van der Waals surface area (Å²) in [4.78, 5) is 16.9. The number of benzene rings is 1. The Morgan fingerprint density at radius 3 is 2.81 bits per heavy atom. The van der Waals surface area contributed by atoms with Crippen molar-refractivity contribution in [3.63, 3.8) is 0 Å². The smallest absolute Gasteiger partial charge is 0.234 e. The Morgan fingerprint density at radius 2 is 2.10 bits per heavy atom. The van der Waals surface area contributed by atoms with Gasteiger partial charge in [-0.15, -0.1) is 0 Å². The molecule has 0 radical (unpaired) electrons. The fourth-order valence-electron chi connectivity index (χ4n) is 2.41. The minimum absolute atomic E-state index is 0.0459. The first-order chi connectivity index (χ1) is 10.1. The topological polar surface area (TPSA) is 48.1 Å². The van der Waals surface area contributed by atoms with E-state index in [0.29, 0.717) is 13.1 Å². The van der Waals surface area contributed by atoms with Gasteiger partial charge in [0.2, 0.25) is 5.91 Å². The van der Waals surface area contributed by atoms with Crippen LogP contribution in [0.5, 0.6) is 0 Å². The normalized spacial score (nSPS) is 11.2. The summed E-state index contributed by atoms with van der Waals surface area (Å²) in [5.74, 6) is -0.201. The van der Waals surface area contributed by atoms with Gasteiger partial charge >= 0.3 is 0 Å². The van der Waals surface area contributed by atoms with Gasteiger partial charge in [0.1, 0.15) is 5.82 Å². The first kappa shape index (κ1) is 15.5. The summed E-state index contributed by atoms with van der Waals surface area (Å²) < 4.78 is 13.1. The number of halogens is 1. The molecule has 0 aliphatic heterocycles. The predicted octanol–water partition coefficient (Wildman–Crippen LogP) is 2.31. The third-order valence-corrected chi connectivity index (χ3v) is 3.71. The zero-order valence-corrected chi connectivity index (χ0v) is 12.6. The maximum absolute atomic E-state index is 13.1. The first-order valence-corrected chi connectivity index (χ1v) is 7.38. The molecular formula is C16H22FN3O. The van der Waals surface area contributed by atoms with Gasteiger partial charge in [-0.3, -0.25) is 9.69 Å². The minimum Gasteiger partial charge on any atom is -0.361 e. The molecule has 2 N–H and O–H groups in total. The fourth-order valence-corrected chi connectivity index (χ4v) is 2.41. The van der Waals surface area contributed by atoms with E-state index in [1.54, 1.807) is 6.07 Å². The molecule has 1 aromatic heterocycles. The average Bonchev–Trinajstić information content (AvgIpc) is 2.87. The van der Waals surface area contributed by atoms with Crippen LogP contribution < -0.4 is 5.32 Å². The maximum atomic E-state index is 13.1. The number of aromatic amines is 1. The van der Waals surface area contributed by atoms with Gasteiger partial charge in [0.25, 0.3) is 0 Å². The molecule has 0 unspecified atom stereocenters. The van der Waals surface area contributed by atoms with Crippen LogP contribution in [0.2, 0.25) is 0 Å². The molecule has 0 atom stereocenters. The summed E-state index contributed by atoms with van der Waals surface area (Å²) in [6, 6.07) is 4.71. The van der Waals surface area contributed by atoms with E-state index in [4.69, 9.17) is 0 Å². The fraction of sp³-hybridized carbons (Fsp3) is 0.438. The second-order valence-electron chi connectivity index (χ2n) is 5.07. The van der Waals surface area contributed by atoms with Crippen LogP contribution >= 0.6 is 0 Å². The zero-order valence-electron chi connectivity index (χ0n) is 12.6. The highest BCUT2D eigenvalue weighted by Crippen LogP contribution is 2.19. The number of carbonyl (C=O) groups excluding carboxylic acids is 1. The Kier molecular flexibility index (Phi) is 5.33. The highest BCUT2D eigenvalue weighted by atomic mass is 19.1. The van der Waals surface area contributed by atoms with Crippen LogP contribution in [-0.4, -0.2) is 42.0 Å². The van der Waals surface area contributed by atoms with E-state index < -0.39 is 0 Å². The molecule has 0 saturated heterocycles. The molecule has 0 spiro atoms. The van der Waals surface area contributed by atoms with E-state index in [0.717, 1.165) is 36.0 Å². The average molecular weight is 291 g/mol. The summed E-state index contributed by atoms with van der Waals surface area (Å²) in [5.41, 5.74) is 1.88. The van der Waals surface area contributed by atoms with Gasteiger partial charge in [-0.05, 0) is 43.3 Å². The van der Waals surface area contributed by atoms with Crippen molar-refractivity contribution in [2.24, 2.45) is 0 Å². The Bertz CT molecular complexity index is 605. The number of rotatable bonds is 7. The molecule has 21 heavy (non-hydrogen) atoms. The molecule has 0 bridgehead atoms. The number of amides is 1. The number of hydrogen-bond donors (Lipinski definition) is 2. The van der Waals surface area contributed by atoms with Crippen molar-refractivity contribution in [3.8, 4) is 0 Å². The lowest BCUT2D eigenvalue weighted by atomic mass is 10.1. The summed E-state index contributed by atoms with van der Waals surface area (Å²) >= 11 is 0. The van der Waals surface area contributed by atoms with Crippen molar-refractivity contribution >= 4 is 16.8 Å². The minimum atomic E-state index is -0.247. The van der Waals surface area contributed by atoms with Crippen LogP contribution in [0.15, 0.2) is 24.4 Å². The molecule has 2 aromatic rings. The van der Waals surface area contributed by atoms with E-state index in [9.17, 15) is 9.18 Å². The molecular weight excluding hydrogens is 269 g/mol. The molecule has 1 amide bonds. The summed E-state index contributed by atoms with van der Waals surface area (Å²) in [6.45, 7) is 6.86. The largest absolute Gasteiger partial charge is 0.361 e. The number of hydrogen-bond acceptors (Lipinski definition) is 2. The Morgan fingerprint density at radius 1 is 1.33 bits per heavy atom. The first-order valence-electron chi connectivity index (χ1n) is 7.38. The highest BCUT2D eigenvalue weighted by molar-refractivity contribution is 5.83. The number of nitrogens with one attached hydrogen (secondary N) is 2. The van der Waals surface area contributed by atoms with E-state index >= 15 is 0 Å². The lowest BCUT2D eigenvalue weighted by Crippen LogP contribution is -2.37. The second-order valence-corrected chi connectivity index (χ2v) is 5.07. The van der Waals surface area contributed by atoms with Crippen molar-refractivity contribution in [1.29, 1.82) is 0 Å². The van der Waals surface area contributed by atoms with Gasteiger partial charge < -0.3 is 10.3 Å². The number of H-pyrrole nitrogens is 1. The van der Waals surface area contributed by atoms with Gasteiger partial charge in [-0.25, -0.2) is 4.39 Å². The van der Waals surface area contributed by atoms with Crippen molar-refractivity contribution in [2.45, 2.75) is 20.3 Å². The predicted molar refractivity (Wildman–Crippen MR) is 82.8 cm³/mol. The molecule has 0 saturated carbocycles. The molecule has 0 aliphatic carbocycles. The molecule has 4 nitrogen and oxygen atoms in total. The number of fused-ring (bicyclic) bond motifs is 1. The molecule has 1 heterocycles. The number of nitrogens with zero attached hydrogens (tertiary/aromatic N) is 1. The summed E-state index contributed by atoms with van der Waals surface area (Å²) in [7, 11) is 0. The van der Waals surface area contributed by atoms with E-state index in [1.807, 2.05) is 20.0 Å². The lowest BCUT2D eigenvalue weighted by molar-refractivity contribution is -0.122. The van der Waals surface area contributed by atoms with Crippen molar-refractivity contribution < 1.29 is 9.18 Å². The Hall–Kier alpha value is -1.88. The lowest BCUT2D eigenvalue weighted by Gasteiger charge is -2.17. The quantitative estimate of drug-likeness (QED) is 0.822. The third-order valence-electron chi connectivity index (χ3n) is 3.71. The zero-order chi connectivity index (χ0) is 15.2. The Balaban J connectivity index is 1.86. The maximum Gasteiger partial charge on any atom is 0.234 e. The SMILES string of the molecule is CCN(CC)CC(=O)NCCc1c[nH]c2cc(F)ccc12. The van der Waals surface area contributed by atoms with Crippen LogP contribution in [0.4, 0.5) is 4.39 Å². The third kappa shape index (κ3) is 4.04. The van der Waals surface area contributed by atoms with Crippen molar-refractivity contribution in [2.75, 3.05) is 26.2 Å². The van der Waals surface area contributed by atoms with Crippen LogP contribution in [-0.2, 0) is 11.2 Å². The van der Waals surface area contributed by atoms with Crippen LogP contribution in [0.25, 0.3) is 10.9 Å². The molecule has 0 fully saturated rings. The van der Waals surface area contributed by atoms with Gasteiger partial charge in [0.15, 0.2) is 0 Å². The van der Waals surface area contributed by atoms with Crippen LogP contribution in [0.1, 0.15) is 19.4 Å². The van der Waals surface area contributed by atoms with Crippen LogP contribution in [0, 0.1) is 5.82 Å². The highest BCUT2D eigenvalue weighted by Gasteiger charge is 2.08. The molecule has 114 valence electrons. The number of aromatic nitrogens is 1. The van der Waals surface area contributed by atoms with Gasteiger partial charge in [0, 0.05) is 23.6 Å². The summed E-state index contributed by atoms with van der Waals surface area (Å²) in [5, 5.41) is 3.94. The standard InChI is InChI=1S/C16H22FN3O/c1-3-20(4-2)11-16(21)18-8-7-12-10-19-15-9-13(17)5-6-14(12)15/h5-6,9-10,19H,3-4,7-8,11H2,1-2H3,(H,18,21). The summed E-state index contributed by atoms with van der Waals surface area (Å²) in [6.07, 6.45) is 2.61. The van der Waals surface area contributed by atoms with Crippen LogP contribution in [0.3, 0.4) is 0 Å². The van der Waals surface area contributed by atoms with Crippen molar-refractivity contribution in [1.82, 2.24) is 15.2 Å². The van der Waals surface area contributed by atoms with E-state index in [2.05, 4.69) is 15.2 Å². The molecule has 0 aliphatic rings. The monoisotopic (exact) mass is 291 g/mol. The molecule has 5 heteroatoms. The molecule has 1 aromatic carbocycles. The number of likely N-dealkylation sites (N-methyl/N-ethyl adjacent to an activating group) is 1.